The molecule has 2 aliphatic rings. The molecule has 2 unspecified atom stereocenters. The lowest BCUT2D eigenvalue weighted by atomic mass is 9.96. The molecule has 0 amide bonds. The number of hydrogen-bond acceptors (Lipinski definition) is 2. The summed E-state index contributed by atoms with van der Waals surface area (Å²) in [6.07, 6.45) is 1.35. The Labute approximate surface area is 81.7 Å². The Balaban J connectivity index is 1.97. The number of hydrogen-bond donors (Lipinski definition) is 1. The van der Waals surface area contributed by atoms with Gasteiger partial charge in [0.15, 0.2) is 0 Å². The van der Waals surface area contributed by atoms with Crippen LogP contribution in [0.2, 0.25) is 0 Å². The predicted molar refractivity (Wildman–Crippen MR) is 55.8 cm³/mol. The van der Waals surface area contributed by atoms with Crippen molar-refractivity contribution in [3.8, 4) is 0 Å². The molecule has 1 N–H and O–H groups in total. The lowest BCUT2D eigenvalue weighted by molar-refractivity contribution is 0.241. The maximum atomic E-state index is 3.74. The smallest absolute Gasteiger partial charge is 0.0241 e. The predicted octanol–water partition coefficient (Wildman–Crippen LogP) is 1.47. The summed E-state index contributed by atoms with van der Waals surface area (Å²) in [5.74, 6) is 0.900. The van der Waals surface area contributed by atoms with Gasteiger partial charge in [-0.1, -0.05) is 0 Å². The Bertz CT molecular complexity index is 182. The summed E-state index contributed by atoms with van der Waals surface area (Å²) in [6, 6.07) is 1.48. The number of likely N-dealkylation sites (tertiary alicyclic amines) is 1. The Kier molecular flexibility index (Phi) is 2.16. The van der Waals surface area contributed by atoms with Gasteiger partial charge in [-0.15, -0.1) is 0 Å². The molecule has 0 aliphatic carbocycles. The molecule has 2 fully saturated rings. The van der Waals surface area contributed by atoms with Crippen LogP contribution in [0.15, 0.2) is 0 Å². The van der Waals surface area contributed by atoms with Gasteiger partial charge >= 0.3 is 0 Å². The topological polar surface area (TPSA) is 15.3 Å². The van der Waals surface area contributed by atoms with E-state index in [1.54, 1.807) is 0 Å². The van der Waals surface area contributed by atoms with Crippen molar-refractivity contribution < 1.29 is 0 Å². The molecular formula is C11H22N2. The van der Waals surface area contributed by atoms with E-state index in [0.717, 1.165) is 18.0 Å². The second-order valence-corrected chi connectivity index (χ2v) is 5.65. The quantitative estimate of drug-likeness (QED) is 0.660. The number of rotatable bonds is 1. The molecule has 0 spiro atoms. The zero-order chi connectivity index (χ0) is 9.64. The normalized spacial score (nSPS) is 38.5. The van der Waals surface area contributed by atoms with Crippen LogP contribution >= 0.6 is 0 Å². The van der Waals surface area contributed by atoms with Crippen molar-refractivity contribution >= 4 is 0 Å². The molecule has 0 bridgehead atoms. The minimum Gasteiger partial charge on any atom is -0.307 e. The minimum atomic E-state index is 0.387. The average molecular weight is 182 g/mol. The van der Waals surface area contributed by atoms with Gasteiger partial charge in [0.1, 0.15) is 0 Å². The van der Waals surface area contributed by atoms with E-state index < -0.39 is 0 Å². The van der Waals surface area contributed by atoms with E-state index >= 15 is 0 Å². The van der Waals surface area contributed by atoms with Gasteiger partial charge in [0, 0.05) is 30.7 Å². The zero-order valence-corrected chi connectivity index (χ0v) is 9.30. The van der Waals surface area contributed by atoms with Gasteiger partial charge in [0.25, 0.3) is 0 Å². The van der Waals surface area contributed by atoms with Crippen molar-refractivity contribution in [1.82, 2.24) is 10.2 Å². The van der Waals surface area contributed by atoms with Crippen LogP contribution in [0.1, 0.15) is 34.1 Å². The van der Waals surface area contributed by atoms with Crippen molar-refractivity contribution in [2.75, 3.05) is 13.1 Å². The van der Waals surface area contributed by atoms with E-state index in [1.165, 1.54) is 19.5 Å². The van der Waals surface area contributed by atoms with Gasteiger partial charge in [-0.05, 0) is 40.0 Å². The molecule has 13 heavy (non-hydrogen) atoms. The van der Waals surface area contributed by atoms with Gasteiger partial charge in [0.05, 0.1) is 0 Å². The molecule has 2 heterocycles. The van der Waals surface area contributed by atoms with E-state index in [4.69, 9.17) is 0 Å². The number of nitrogens with zero attached hydrogens (tertiary/aromatic N) is 1. The Morgan fingerprint density at radius 3 is 2.54 bits per heavy atom. The molecule has 2 rings (SSSR count). The summed E-state index contributed by atoms with van der Waals surface area (Å²) < 4.78 is 0. The first kappa shape index (κ1) is 9.47. The second kappa shape index (κ2) is 2.96. The highest BCUT2D eigenvalue weighted by Crippen LogP contribution is 2.34. The maximum absolute atomic E-state index is 3.74. The van der Waals surface area contributed by atoms with Crippen LogP contribution in [-0.4, -0.2) is 35.6 Å². The van der Waals surface area contributed by atoms with E-state index in [1.807, 2.05) is 0 Å². The third kappa shape index (κ3) is 1.75. The molecule has 0 aromatic rings. The molecule has 2 atom stereocenters. The van der Waals surface area contributed by atoms with Crippen molar-refractivity contribution in [3.05, 3.63) is 0 Å². The molecule has 2 saturated heterocycles. The zero-order valence-electron chi connectivity index (χ0n) is 9.30. The maximum Gasteiger partial charge on any atom is 0.0241 e. The minimum absolute atomic E-state index is 0.387. The summed E-state index contributed by atoms with van der Waals surface area (Å²) in [4.78, 5) is 2.59. The summed E-state index contributed by atoms with van der Waals surface area (Å²) in [5.41, 5.74) is 0.387. The van der Waals surface area contributed by atoms with Gasteiger partial charge in [0.2, 0.25) is 0 Å². The summed E-state index contributed by atoms with van der Waals surface area (Å²) >= 11 is 0. The highest BCUT2D eigenvalue weighted by molar-refractivity contribution is 5.03. The molecule has 0 saturated carbocycles. The first-order chi connectivity index (χ1) is 5.98. The first-order valence-electron chi connectivity index (χ1n) is 5.50. The fourth-order valence-corrected chi connectivity index (χ4v) is 2.91. The van der Waals surface area contributed by atoms with Gasteiger partial charge < -0.3 is 5.32 Å². The molecule has 2 aliphatic heterocycles. The number of nitrogens with one attached hydrogen (secondary N) is 1. The van der Waals surface area contributed by atoms with E-state index in [2.05, 4.69) is 37.9 Å². The third-order valence-corrected chi connectivity index (χ3v) is 3.55. The molecule has 2 heteroatoms. The SMILES string of the molecule is CC(C)N1CC2CC(C)(C)NC2C1. The molecule has 0 radical (unpaired) electrons. The highest BCUT2D eigenvalue weighted by atomic mass is 15.2. The summed E-state index contributed by atoms with van der Waals surface area (Å²) in [7, 11) is 0. The fraction of sp³-hybridized carbons (Fsp3) is 1.00. The van der Waals surface area contributed by atoms with Crippen molar-refractivity contribution in [2.24, 2.45) is 5.92 Å². The second-order valence-electron chi connectivity index (χ2n) is 5.65. The molecule has 2 nitrogen and oxygen atoms in total. The highest BCUT2D eigenvalue weighted by Gasteiger charge is 2.44. The summed E-state index contributed by atoms with van der Waals surface area (Å²) in [5, 5.41) is 3.74. The van der Waals surface area contributed by atoms with Crippen LogP contribution in [0.4, 0.5) is 0 Å². The van der Waals surface area contributed by atoms with E-state index in [-0.39, 0.29) is 0 Å². The monoisotopic (exact) mass is 182 g/mol. The lowest BCUT2D eigenvalue weighted by Gasteiger charge is -2.25. The van der Waals surface area contributed by atoms with Crippen LogP contribution in [0, 0.1) is 5.92 Å². The fourth-order valence-electron chi connectivity index (χ4n) is 2.91. The first-order valence-corrected chi connectivity index (χ1v) is 5.50. The van der Waals surface area contributed by atoms with Crippen LogP contribution in [0.25, 0.3) is 0 Å². The Morgan fingerprint density at radius 1 is 1.31 bits per heavy atom. The van der Waals surface area contributed by atoms with Crippen molar-refractivity contribution in [1.29, 1.82) is 0 Å². The third-order valence-electron chi connectivity index (χ3n) is 3.55. The summed E-state index contributed by atoms with van der Waals surface area (Å²) in [6.45, 7) is 11.8. The van der Waals surface area contributed by atoms with Gasteiger partial charge in [-0.2, -0.15) is 0 Å². The van der Waals surface area contributed by atoms with Crippen LogP contribution in [0.3, 0.4) is 0 Å². The van der Waals surface area contributed by atoms with E-state index in [9.17, 15) is 0 Å². The molecule has 76 valence electrons. The standard InChI is InChI=1S/C11H22N2/c1-8(2)13-6-9-5-11(3,4)12-10(9)7-13/h8-10,12H,5-7H2,1-4H3. The molecule has 0 aromatic carbocycles. The average Bonchev–Trinajstić information content (AvgIpc) is 2.39. The van der Waals surface area contributed by atoms with Crippen molar-refractivity contribution in [3.63, 3.8) is 0 Å². The lowest BCUT2D eigenvalue weighted by Crippen LogP contribution is -2.42. The Morgan fingerprint density at radius 2 is 2.00 bits per heavy atom. The van der Waals surface area contributed by atoms with Crippen LogP contribution in [0.5, 0.6) is 0 Å². The van der Waals surface area contributed by atoms with E-state index in [0.29, 0.717) is 5.54 Å². The number of fused-ring (bicyclic) bond motifs is 1. The van der Waals surface area contributed by atoms with Gasteiger partial charge in [-0.25, -0.2) is 0 Å². The van der Waals surface area contributed by atoms with Crippen LogP contribution in [-0.2, 0) is 0 Å². The van der Waals surface area contributed by atoms with Crippen molar-refractivity contribution in [2.45, 2.75) is 51.7 Å². The van der Waals surface area contributed by atoms with Gasteiger partial charge in [-0.3, -0.25) is 4.90 Å². The van der Waals surface area contributed by atoms with Crippen LogP contribution < -0.4 is 5.32 Å². The molecule has 0 aromatic heterocycles. The largest absolute Gasteiger partial charge is 0.307 e. The molecular weight excluding hydrogens is 160 g/mol. The Hall–Kier alpha value is -0.0800.